The van der Waals surface area contributed by atoms with Crippen LogP contribution >= 0.6 is 11.6 Å². The fourth-order valence-electron chi connectivity index (χ4n) is 1.28. The Bertz CT molecular complexity index is 659. The summed E-state index contributed by atoms with van der Waals surface area (Å²) in [6, 6.07) is 3.44. The lowest BCUT2D eigenvalue weighted by molar-refractivity contribution is 0.0697. The molecule has 0 atom stereocenters. The molecular formula is C11H13ClN2O6S. The minimum Gasteiger partial charge on any atom is -0.478 e. The average molecular weight is 337 g/mol. The Morgan fingerprint density at radius 1 is 1.33 bits per heavy atom. The molecule has 1 rings (SSSR count). The van der Waals surface area contributed by atoms with Crippen LogP contribution in [0.3, 0.4) is 0 Å². The van der Waals surface area contributed by atoms with Gasteiger partial charge in [0, 0.05) is 0 Å². The summed E-state index contributed by atoms with van der Waals surface area (Å²) in [6.07, 6.45) is -1.62. The summed E-state index contributed by atoms with van der Waals surface area (Å²) < 4.78 is 31.5. The highest BCUT2D eigenvalue weighted by Gasteiger charge is 2.17. The summed E-state index contributed by atoms with van der Waals surface area (Å²) in [5.41, 5.74) is -0.179. The van der Waals surface area contributed by atoms with Crippen molar-refractivity contribution in [2.75, 3.05) is 4.72 Å². The third kappa shape index (κ3) is 5.48. The van der Waals surface area contributed by atoms with Crippen molar-refractivity contribution in [2.24, 2.45) is 0 Å². The van der Waals surface area contributed by atoms with E-state index in [1.165, 1.54) is 6.07 Å². The van der Waals surface area contributed by atoms with Gasteiger partial charge in [-0.3, -0.25) is 4.72 Å². The van der Waals surface area contributed by atoms with Crippen LogP contribution in [-0.4, -0.2) is 31.7 Å². The van der Waals surface area contributed by atoms with E-state index in [2.05, 4.69) is 4.74 Å². The zero-order valence-corrected chi connectivity index (χ0v) is 12.7. The molecule has 0 unspecified atom stereocenters. The van der Waals surface area contributed by atoms with E-state index >= 15 is 0 Å². The fraction of sp³-hybridized carbons (Fsp3) is 0.273. The maximum atomic E-state index is 11.6. The summed E-state index contributed by atoms with van der Waals surface area (Å²) >= 11 is 5.70. The van der Waals surface area contributed by atoms with Gasteiger partial charge in [-0.15, -0.1) is 0 Å². The van der Waals surface area contributed by atoms with Crippen LogP contribution < -0.4 is 9.44 Å². The normalized spacial score (nSPS) is 11.0. The van der Waals surface area contributed by atoms with E-state index in [1.807, 2.05) is 4.72 Å². The number of amides is 1. The second-order valence-electron chi connectivity index (χ2n) is 4.16. The second kappa shape index (κ2) is 6.64. The monoisotopic (exact) mass is 336 g/mol. The minimum absolute atomic E-state index is 0.00477. The van der Waals surface area contributed by atoms with Crippen molar-refractivity contribution in [3.63, 3.8) is 0 Å². The third-order valence-electron chi connectivity index (χ3n) is 2.01. The van der Waals surface area contributed by atoms with E-state index < -0.39 is 28.4 Å². The number of carbonyl (C=O) groups excluding carboxylic acids is 1. The SMILES string of the molecule is CC(C)OC(=O)NS(=O)(=O)Nc1ccc(C(=O)O)c(Cl)c1. The van der Waals surface area contributed by atoms with E-state index in [1.54, 1.807) is 18.6 Å². The molecule has 0 spiro atoms. The Balaban J connectivity index is 2.83. The van der Waals surface area contributed by atoms with Crippen LogP contribution in [0.1, 0.15) is 24.2 Å². The number of halogens is 1. The van der Waals surface area contributed by atoms with E-state index in [4.69, 9.17) is 16.7 Å². The minimum atomic E-state index is -4.21. The standard InChI is InChI=1S/C11H13ClN2O6S/c1-6(2)20-11(17)14-21(18,19)13-7-3-4-8(10(15)16)9(12)5-7/h3-6,13H,1-2H3,(H,14,17)(H,15,16). The Kier molecular flexibility index (Phi) is 5.39. The van der Waals surface area contributed by atoms with Crippen molar-refractivity contribution >= 4 is 39.6 Å². The molecule has 3 N–H and O–H groups in total. The molecule has 0 fully saturated rings. The Morgan fingerprint density at radius 2 is 1.95 bits per heavy atom. The van der Waals surface area contributed by atoms with Crippen molar-refractivity contribution in [3.8, 4) is 0 Å². The molecule has 1 aromatic rings. The van der Waals surface area contributed by atoms with Gasteiger partial charge in [0.1, 0.15) is 0 Å². The van der Waals surface area contributed by atoms with Crippen LogP contribution in [0.4, 0.5) is 10.5 Å². The van der Waals surface area contributed by atoms with Crippen LogP contribution in [0.5, 0.6) is 0 Å². The topological polar surface area (TPSA) is 122 Å². The first-order valence-corrected chi connectivity index (χ1v) is 7.51. The zero-order valence-electron chi connectivity index (χ0n) is 11.1. The number of carboxylic acid groups (broad SMARTS) is 1. The van der Waals surface area contributed by atoms with Gasteiger partial charge in [0.15, 0.2) is 0 Å². The van der Waals surface area contributed by atoms with Crippen LogP contribution in [0.2, 0.25) is 5.02 Å². The molecule has 1 aromatic carbocycles. The smallest absolute Gasteiger partial charge is 0.422 e. The van der Waals surface area contributed by atoms with Crippen molar-refractivity contribution in [2.45, 2.75) is 20.0 Å². The summed E-state index contributed by atoms with van der Waals surface area (Å²) in [6.45, 7) is 3.12. The Morgan fingerprint density at radius 3 is 2.43 bits per heavy atom. The van der Waals surface area contributed by atoms with Gasteiger partial charge in [0.2, 0.25) is 0 Å². The van der Waals surface area contributed by atoms with Gasteiger partial charge < -0.3 is 9.84 Å². The van der Waals surface area contributed by atoms with E-state index in [-0.39, 0.29) is 16.3 Å². The first kappa shape index (κ1) is 17.1. The molecule has 116 valence electrons. The summed E-state index contributed by atoms with van der Waals surface area (Å²) in [5, 5.41) is 8.65. The summed E-state index contributed by atoms with van der Waals surface area (Å²) in [4.78, 5) is 22.0. The molecule has 1 amide bonds. The number of aromatic carboxylic acids is 1. The highest BCUT2D eigenvalue weighted by molar-refractivity contribution is 7.91. The average Bonchev–Trinajstić information content (AvgIpc) is 2.24. The van der Waals surface area contributed by atoms with Gasteiger partial charge >= 0.3 is 22.3 Å². The van der Waals surface area contributed by atoms with Crippen molar-refractivity contribution < 1.29 is 27.9 Å². The molecule has 0 aliphatic rings. The molecule has 0 aliphatic heterocycles. The fourth-order valence-corrected chi connectivity index (χ4v) is 2.30. The number of hydrogen-bond donors (Lipinski definition) is 3. The number of ether oxygens (including phenoxy) is 1. The lowest BCUT2D eigenvalue weighted by Gasteiger charge is -2.12. The van der Waals surface area contributed by atoms with Crippen LogP contribution in [0.25, 0.3) is 0 Å². The lowest BCUT2D eigenvalue weighted by atomic mass is 10.2. The van der Waals surface area contributed by atoms with E-state index in [0.29, 0.717) is 0 Å². The Hall–Kier alpha value is -2.00. The molecule has 0 saturated heterocycles. The maximum Gasteiger partial charge on any atom is 0.422 e. The highest BCUT2D eigenvalue weighted by Crippen LogP contribution is 2.21. The molecule has 0 aliphatic carbocycles. The van der Waals surface area contributed by atoms with Crippen molar-refractivity contribution in [1.82, 2.24) is 4.72 Å². The van der Waals surface area contributed by atoms with E-state index in [0.717, 1.165) is 12.1 Å². The van der Waals surface area contributed by atoms with E-state index in [9.17, 15) is 18.0 Å². The molecule has 10 heteroatoms. The number of anilines is 1. The predicted molar refractivity (Wildman–Crippen MR) is 75.7 cm³/mol. The van der Waals surface area contributed by atoms with Gasteiger partial charge in [0.05, 0.1) is 22.4 Å². The van der Waals surface area contributed by atoms with Gasteiger partial charge in [-0.2, -0.15) is 8.42 Å². The summed E-state index contributed by atoms with van der Waals surface area (Å²) in [5.74, 6) is -1.24. The second-order valence-corrected chi connectivity index (χ2v) is 5.98. The number of carbonyl (C=O) groups is 2. The third-order valence-corrected chi connectivity index (χ3v) is 3.26. The zero-order chi connectivity index (χ0) is 16.2. The molecule has 0 bridgehead atoms. The Labute approximate surface area is 126 Å². The van der Waals surface area contributed by atoms with Crippen molar-refractivity contribution in [3.05, 3.63) is 28.8 Å². The lowest BCUT2D eigenvalue weighted by Crippen LogP contribution is -2.36. The molecule has 8 nitrogen and oxygen atoms in total. The first-order chi connectivity index (χ1) is 9.60. The van der Waals surface area contributed by atoms with Crippen molar-refractivity contribution in [1.29, 1.82) is 0 Å². The molecule has 0 aromatic heterocycles. The highest BCUT2D eigenvalue weighted by atomic mass is 35.5. The van der Waals surface area contributed by atoms with Crippen LogP contribution in [0, 0.1) is 0 Å². The largest absolute Gasteiger partial charge is 0.478 e. The summed E-state index contributed by atoms with van der Waals surface area (Å²) in [7, 11) is -4.21. The first-order valence-electron chi connectivity index (χ1n) is 5.64. The number of carboxylic acids is 1. The molecular weight excluding hydrogens is 324 g/mol. The molecule has 0 saturated carbocycles. The van der Waals surface area contributed by atoms with Gasteiger partial charge in [0.25, 0.3) is 0 Å². The number of hydrogen-bond acceptors (Lipinski definition) is 5. The van der Waals surface area contributed by atoms with Crippen LogP contribution in [-0.2, 0) is 14.9 Å². The number of benzene rings is 1. The molecule has 21 heavy (non-hydrogen) atoms. The molecule has 0 radical (unpaired) electrons. The number of rotatable bonds is 5. The van der Waals surface area contributed by atoms with Gasteiger partial charge in [-0.25, -0.2) is 14.3 Å². The maximum absolute atomic E-state index is 11.6. The quantitative estimate of drug-likeness (QED) is 0.754. The van der Waals surface area contributed by atoms with Crippen LogP contribution in [0.15, 0.2) is 18.2 Å². The van der Waals surface area contributed by atoms with Gasteiger partial charge in [-0.1, -0.05) is 11.6 Å². The predicted octanol–water partition coefficient (Wildman–Crippen LogP) is 1.83. The molecule has 0 heterocycles. The van der Waals surface area contributed by atoms with Gasteiger partial charge in [-0.05, 0) is 32.0 Å². The number of nitrogens with one attached hydrogen (secondary N) is 2.